The number of fused-ring (bicyclic) bond motifs is 1. The van der Waals surface area contributed by atoms with Crippen LogP contribution >= 0.6 is 0 Å². The molecule has 1 heterocycles. The van der Waals surface area contributed by atoms with Gasteiger partial charge in [0.2, 0.25) is 0 Å². The van der Waals surface area contributed by atoms with Crippen molar-refractivity contribution in [3.8, 4) is 17.9 Å². The van der Waals surface area contributed by atoms with Gasteiger partial charge in [-0.3, -0.25) is 0 Å². The average Bonchev–Trinajstić information content (AvgIpc) is 2.56. The van der Waals surface area contributed by atoms with Gasteiger partial charge >= 0.3 is 0 Å². The van der Waals surface area contributed by atoms with Crippen LogP contribution in [0.2, 0.25) is 0 Å². The second kappa shape index (κ2) is 5.47. The number of nitriles is 2. The van der Waals surface area contributed by atoms with Gasteiger partial charge in [0.05, 0.1) is 0 Å². The lowest BCUT2D eigenvalue weighted by molar-refractivity contribution is 0.475. The number of allylic oxidation sites excluding steroid dienone is 3. The fourth-order valence-electron chi connectivity index (χ4n) is 2.38. The Hall–Kier alpha value is -3.50. The van der Waals surface area contributed by atoms with E-state index >= 15 is 0 Å². The van der Waals surface area contributed by atoms with Crippen LogP contribution in [0.25, 0.3) is 11.3 Å². The smallest absolute Gasteiger partial charge is 0.137 e. The van der Waals surface area contributed by atoms with Gasteiger partial charge in [0.15, 0.2) is 0 Å². The van der Waals surface area contributed by atoms with E-state index < -0.39 is 0 Å². The van der Waals surface area contributed by atoms with E-state index in [-0.39, 0.29) is 11.3 Å². The molecular weight excluding hydrogens is 274 g/mol. The zero-order valence-electron chi connectivity index (χ0n) is 11.5. The lowest BCUT2D eigenvalue weighted by atomic mass is 9.93. The summed E-state index contributed by atoms with van der Waals surface area (Å²) >= 11 is 0. The predicted octanol–water partition coefficient (Wildman–Crippen LogP) is 3.66. The fraction of sp³-hybridized carbons (Fsp3) is 0. The first kappa shape index (κ1) is 13.5. The van der Waals surface area contributed by atoms with Gasteiger partial charge in [-0.15, -0.1) is 0 Å². The first-order valence-electron chi connectivity index (χ1n) is 6.65. The lowest BCUT2D eigenvalue weighted by Crippen LogP contribution is -2.07. The van der Waals surface area contributed by atoms with Crippen LogP contribution in [0, 0.1) is 22.7 Å². The SMILES string of the molecule is N#CC(C#N)=C1C=C(c2ccc(O)cc2)Nc2ccccc21. The van der Waals surface area contributed by atoms with Crippen molar-refractivity contribution in [3.63, 3.8) is 0 Å². The number of aromatic hydroxyl groups is 1. The molecule has 0 fully saturated rings. The van der Waals surface area contributed by atoms with Crippen LogP contribution in [0.5, 0.6) is 5.75 Å². The highest BCUT2D eigenvalue weighted by Gasteiger charge is 2.18. The van der Waals surface area contributed by atoms with Crippen molar-refractivity contribution >= 4 is 17.0 Å². The van der Waals surface area contributed by atoms with E-state index in [0.29, 0.717) is 5.57 Å². The van der Waals surface area contributed by atoms with Crippen molar-refractivity contribution in [1.82, 2.24) is 0 Å². The van der Waals surface area contributed by atoms with Crippen LogP contribution < -0.4 is 5.32 Å². The van der Waals surface area contributed by atoms with Crippen molar-refractivity contribution in [3.05, 3.63) is 71.3 Å². The Balaban J connectivity index is 2.20. The number of anilines is 1. The standard InChI is InChI=1S/C18H11N3O/c19-10-13(11-20)16-9-18(12-5-7-14(22)8-6-12)21-17-4-2-1-3-15(16)17/h1-9,21-22H. The van der Waals surface area contributed by atoms with Gasteiger partial charge in [-0.2, -0.15) is 10.5 Å². The van der Waals surface area contributed by atoms with Crippen LogP contribution in [0.4, 0.5) is 5.69 Å². The van der Waals surface area contributed by atoms with E-state index in [4.69, 9.17) is 0 Å². The quantitative estimate of drug-likeness (QED) is 0.783. The third kappa shape index (κ3) is 2.30. The number of nitrogens with zero attached hydrogens (tertiary/aromatic N) is 2. The summed E-state index contributed by atoms with van der Waals surface area (Å²) in [6.45, 7) is 0. The maximum Gasteiger partial charge on any atom is 0.137 e. The molecule has 2 N–H and O–H groups in total. The molecule has 0 bridgehead atoms. The molecule has 22 heavy (non-hydrogen) atoms. The van der Waals surface area contributed by atoms with Crippen molar-refractivity contribution in [2.45, 2.75) is 0 Å². The summed E-state index contributed by atoms with van der Waals surface area (Å²) in [6.07, 6.45) is 1.79. The van der Waals surface area contributed by atoms with E-state index in [1.807, 2.05) is 36.4 Å². The van der Waals surface area contributed by atoms with Crippen LogP contribution in [0.3, 0.4) is 0 Å². The zero-order chi connectivity index (χ0) is 15.5. The number of para-hydroxylation sites is 1. The first-order chi connectivity index (χ1) is 10.7. The van der Waals surface area contributed by atoms with Gasteiger partial charge in [0.25, 0.3) is 0 Å². The van der Waals surface area contributed by atoms with Crippen molar-refractivity contribution in [2.75, 3.05) is 5.32 Å². The molecule has 0 amide bonds. The Bertz CT molecular complexity index is 862. The maximum absolute atomic E-state index is 9.39. The molecule has 2 aromatic rings. The van der Waals surface area contributed by atoms with Crippen LogP contribution in [0.15, 0.2) is 60.2 Å². The topological polar surface area (TPSA) is 79.8 Å². The van der Waals surface area contributed by atoms with Gasteiger partial charge < -0.3 is 10.4 Å². The molecule has 0 saturated heterocycles. The molecule has 0 radical (unpaired) electrons. The summed E-state index contributed by atoms with van der Waals surface area (Å²) in [5.41, 5.74) is 3.97. The lowest BCUT2D eigenvalue weighted by Gasteiger charge is -2.21. The average molecular weight is 285 g/mol. The molecule has 3 rings (SSSR count). The van der Waals surface area contributed by atoms with E-state index in [9.17, 15) is 15.6 Å². The van der Waals surface area contributed by atoms with E-state index in [1.165, 1.54) is 0 Å². The molecule has 1 aliphatic heterocycles. The number of rotatable bonds is 1. The molecule has 1 aliphatic rings. The summed E-state index contributed by atoms with van der Waals surface area (Å²) in [5, 5.41) is 31.1. The minimum atomic E-state index is 0.0743. The number of phenols is 1. The number of nitrogens with one attached hydrogen (secondary N) is 1. The van der Waals surface area contributed by atoms with Gasteiger partial charge in [0, 0.05) is 22.5 Å². The first-order valence-corrected chi connectivity index (χ1v) is 6.65. The molecule has 0 atom stereocenters. The largest absolute Gasteiger partial charge is 0.508 e. The molecule has 0 unspecified atom stereocenters. The Kier molecular flexibility index (Phi) is 3.35. The highest BCUT2D eigenvalue weighted by Crippen LogP contribution is 2.36. The zero-order valence-corrected chi connectivity index (χ0v) is 11.5. The molecule has 4 nitrogen and oxygen atoms in total. The minimum absolute atomic E-state index is 0.0743. The van der Waals surface area contributed by atoms with Crippen LogP contribution in [0.1, 0.15) is 11.1 Å². The number of phenolic OH excluding ortho intramolecular Hbond substituents is 1. The summed E-state index contributed by atoms with van der Waals surface area (Å²) < 4.78 is 0. The molecule has 0 aliphatic carbocycles. The Morgan fingerprint density at radius 2 is 1.64 bits per heavy atom. The molecular formula is C18H11N3O. The highest BCUT2D eigenvalue weighted by molar-refractivity contribution is 5.99. The minimum Gasteiger partial charge on any atom is -0.508 e. The van der Waals surface area contributed by atoms with Crippen molar-refractivity contribution in [2.24, 2.45) is 0 Å². The fourth-order valence-corrected chi connectivity index (χ4v) is 2.38. The second-order valence-corrected chi connectivity index (χ2v) is 4.79. The van der Waals surface area contributed by atoms with Crippen LogP contribution in [-0.2, 0) is 0 Å². The molecule has 0 saturated carbocycles. The maximum atomic E-state index is 9.39. The Morgan fingerprint density at radius 1 is 0.955 bits per heavy atom. The summed E-state index contributed by atoms with van der Waals surface area (Å²) in [7, 11) is 0. The number of hydrogen-bond donors (Lipinski definition) is 2. The Morgan fingerprint density at radius 3 is 2.32 bits per heavy atom. The van der Waals surface area contributed by atoms with E-state index in [2.05, 4.69) is 5.32 Å². The summed E-state index contributed by atoms with van der Waals surface area (Å²) in [4.78, 5) is 0. The molecule has 2 aromatic carbocycles. The number of benzene rings is 2. The summed E-state index contributed by atoms with van der Waals surface area (Å²) in [6, 6.07) is 18.2. The monoisotopic (exact) mass is 285 g/mol. The van der Waals surface area contributed by atoms with Crippen molar-refractivity contribution < 1.29 is 5.11 Å². The third-order valence-electron chi connectivity index (χ3n) is 3.45. The highest BCUT2D eigenvalue weighted by atomic mass is 16.3. The second-order valence-electron chi connectivity index (χ2n) is 4.79. The molecule has 4 heteroatoms. The number of hydrogen-bond acceptors (Lipinski definition) is 4. The molecule has 0 aromatic heterocycles. The Labute approximate surface area is 127 Å². The van der Waals surface area contributed by atoms with Gasteiger partial charge in [-0.05, 0) is 42.0 Å². The van der Waals surface area contributed by atoms with Gasteiger partial charge in [0.1, 0.15) is 23.5 Å². The predicted molar refractivity (Wildman–Crippen MR) is 84.3 cm³/mol. The molecule has 0 spiro atoms. The van der Waals surface area contributed by atoms with E-state index in [1.54, 1.807) is 30.3 Å². The van der Waals surface area contributed by atoms with Crippen LogP contribution in [-0.4, -0.2) is 5.11 Å². The van der Waals surface area contributed by atoms with Crippen molar-refractivity contribution in [1.29, 1.82) is 10.5 Å². The normalized spacial score (nSPS) is 12.3. The van der Waals surface area contributed by atoms with Gasteiger partial charge in [-0.1, -0.05) is 18.2 Å². The molecule has 104 valence electrons. The third-order valence-corrected chi connectivity index (χ3v) is 3.45. The van der Waals surface area contributed by atoms with Gasteiger partial charge in [-0.25, -0.2) is 0 Å². The summed E-state index contributed by atoms with van der Waals surface area (Å²) in [5.74, 6) is 0.186. The van der Waals surface area contributed by atoms with E-state index in [0.717, 1.165) is 22.5 Å².